The van der Waals surface area contributed by atoms with Crippen molar-refractivity contribution in [3.63, 3.8) is 0 Å². The highest BCUT2D eigenvalue weighted by atomic mass is 79.9. The second kappa shape index (κ2) is 8.30. The smallest absolute Gasteiger partial charge is 0.287 e. The van der Waals surface area contributed by atoms with Crippen molar-refractivity contribution in [2.24, 2.45) is 0 Å². The molecule has 134 valence electrons. The van der Waals surface area contributed by atoms with Gasteiger partial charge in [-0.15, -0.1) is 0 Å². The van der Waals surface area contributed by atoms with E-state index >= 15 is 0 Å². The first-order valence-electron chi connectivity index (χ1n) is 7.39. The third kappa shape index (κ3) is 5.71. The van der Waals surface area contributed by atoms with Gasteiger partial charge in [0.05, 0.1) is 0 Å². The quantitative estimate of drug-likeness (QED) is 0.655. The van der Waals surface area contributed by atoms with Gasteiger partial charge in [-0.2, -0.15) is 0 Å². The molecule has 0 aliphatic rings. The van der Waals surface area contributed by atoms with Crippen molar-refractivity contribution in [2.75, 3.05) is 19.3 Å². The van der Waals surface area contributed by atoms with E-state index in [0.29, 0.717) is 25.1 Å². The maximum absolute atomic E-state index is 11.9. The topological polar surface area (TPSA) is 105 Å². The highest BCUT2D eigenvalue weighted by molar-refractivity contribution is 9.10. The van der Waals surface area contributed by atoms with Gasteiger partial charge in [-0.1, -0.05) is 22.0 Å². The van der Waals surface area contributed by atoms with Gasteiger partial charge in [0.15, 0.2) is 5.76 Å². The summed E-state index contributed by atoms with van der Waals surface area (Å²) in [7, 11) is -3.48. The van der Waals surface area contributed by atoms with Crippen LogP contribution in [0.5, 0.6) is 0 Å². The number of hydrogen-bond donors (Lipinski definition) is 2. The second-order valence-corrected chi connectivity index (χ2v) is 8.13. The van der Waals surface area contributed by atoms with Crippen molar-refractivity contribution >= 4 is 37.6 Å². The molecule has 2 N–H and O–H groups in total. The van der Waals surface area contributed by atoms with E-state index in [1.807, 2.05) is 6.07 Å². The van der Waals surface area contributed by atoms with Crippen molar-refractivity contribution in [3.8, 4) is 0 Å². The normalized spacial score (nSPS) is 11.1. The van der Waals surface area contributed by atoms with E-state index in [9.17, 15) is 18.0 Å². The van der Waals surface area contributed by atoms with Crippen molar-refractivity contribution in [1.82, 2.24) is 10.6 Å². The van der Waals surface area contributed by atoms with E-state index in [2.05, 4.69) is 26.6 Å². The van der Waals surface area contributed by atoms with Crippen LogP contribution in [-0.2, 0) is 9.84 Å². The van der Waals surface area contributed by atoms with E-state index in [-0.39, 0.29) is 16.8 Å². The first-order chi connectivity index (χ1) is 11.8. The van der Waals surface area contributed by atoms with Crippen LogP contribution in [0, 0.1) is 0 Å². The molecule has 25 heavy (non-hydrogen) atoms. The molecule has 7 nitrogen and oxygen atoms in total. The van der Waals surface area contributed by atoms with Gasteiger partial charge in [0.25, 0.3) is 11.8 Å². The molecule has 2 amide bonds. The third-order valence-corrected chi connectivity index (χ3v) is 4.63. The van der Waals surface area contributed by atoms with Crippen molar-refractivity contribution in [1.29, 1.82) is 0 Å². The number of benzene rings is 1. The fourth-order valence-corrected chi connectivity index (χ4v) is 2.91. The van der Waals surface area contributed by atoms with E-state index < -0.39 is 15.7 Å². The van der Waals surface area contributed by atoms with Crippen LogP contribution in [0.4, 0.5) is 0 Å². The Morgan fingerprint density at radius 3 is 2.36 bits per heavy atom. The SMILES string of the molecule is CS(=O)(=O)c1ccc(C(=O)NCCCNC(=O)c2cccc(Br)c2)o1. The molecule has 0 atom stereocenters. The molecule has 0 unspecified atom stereocenters. The van der Waals surface area contributed by atoms with E-state index in [1.54, 1.807) is 18.2 Å². The summed E-state index contributed by atoms with van der Waals surface area (Å²) >= 11 is 3.30. The Labute approximate surface area is 153 Å². The van der Waals surface area contributed by atoms with Crippen LogP contribution in [0.3, 0.4) is 0 Å². The lowest BCUT2D eigenvalue weighted by atomic mass is 10.2. The number of furan rings is 1. The predicted octanol–water partition coefficient (Wildman–Crippen LogP) is 2.00. The fourth-order valence-electron chi connectivity index (χ4n) is 1.95. The van der Waals surface area contributed by atoms with Crippen molar-refractivity contribution < 1.29 is 22.4 Å². The summed E-state index contributed by atoms with van der Waals surface area (Å²) in [6, 6.07) is 9.57. The van der Waals surface area contributed by atoms with Crippen molar-refractivity contribution in [2.45, 2.75) is 11.5 Å². The van der Waals surface area contributed by atoms with Gasteiger partial charge < -0.3 is 15.1 Å². The van der Waals surface area contributed by atoms with Gasteiger partial charge >= 0.3 is 0 Å². The predicted molar refractivity (Wildman–Crippen MR) is 95.2 cm³/mol. The summed E-state index contributed by atoms with van der Waals surface area (Å²) in [4.78, 5) is 23.8. The van der Waals surface area contributed by atoms with E-state index in [4.69, 9.17) is 4.42 Å². The highest BCUT2D eigenvalue weighted by Gasteiger charge is 2.16. The zero-order valence-corrected chi connectivity index (χ0v) is 15.8. The zero-order chi connectivity index (χ0) is 18.4. The average Bonchev–Trinajstić information content (AvgIpc) is 3.04. The van der Waals surface area contributed by atoms with Gasteiger partial charge in [0, 0.05) is 29.4 Å². The van der Waals surface area contributed by atoms with Gasteiger partial charge in [-0.05, 0) is 36.8 Å². The Hall–Kier alpha value is -2.13. The minimum atomic E-state index is -3.48. The van der Waals surface area contributed by atoms with Gasteiger partial charge in [0.2, 0.25) is 14.9 Å². The molecule has 0 aliphatic heterocycles. The number of sulfone groups is 1. The molecule has 2 aromatic rings. The Kier molecular flexibility index (Phi) is 6.38. The highest BCUT2D eigenvalue weighted by Crippen LogP contribution is 2.13. The van der Waals surface area contributed by atoms with E-state index in [0.717, 1.165) is 10.7 Å². The molecule has 0 radical (unpaired) electrons. The Bertz CT molecular complexity index is 876. The first kappa shape index (κ1) is 19.2. The maximum atomic E-state index is 11.9. The van der Waals surface area contributed by atoms with Crippen molar-refractivity contribution in [3.05, 3.63) is 52.2 Å². The van der Waals surface area contributed by atoms with Crippen LogP contribution in [-0.4, -0.2) is 39.6 Å². The van der Waals surface area contributed by atoms with Gasteiger partial charge in [-0.3, -0.25) is 9.59 Å². The second-order valence-electron chi connectivity index (χ2n) is 5.27. The lowest BCUT2D eigenvalue weighted by molar-refractivity contribution is 0.0920. The Morgan fingerprint density at radius 1 is 1.08 bits per heavy atom. The first-order valence-corrected chi connectivity index (χ1v) is 10.1. The average molecular weight is 429 g/mol. The molecule has 0 aliphatic carbocycles. The van der Waals surface area contributed by atoms with Gasteiger partial charge in [0.1, 0.15) is 0 Å². The molecular formula is C16H17BrN2O5S. The summed E-state index contributed by atoms with van der Waals surface area (Å²) < 4.78 is 28.4. The fraction of sp³-hybridized carbons (Fsp3) is 0.250. The summed E-state index contributed by atoms with van der Waals surface area (Å²) in [5, 5.41) is 5.10. The number of hydrogen-bond acceptors (Lipinski definition) is 5. The molecule has 0 spiro atoms. The number of amides is 2. The number of carbonyl (C=O) groups excluding carboxylic acids is 2. The zero-order valence-electron chi connectivity index (χ0n) is 13.4. The molecule has 0 saturated heterocycles. The number of carbonyl (C=O) groups is 2. The minimum absolute atomic E-state index is 0.0707. The maximum Gasteiger partial charge on any atom is 0.287 e. The van der Waals surface area contributed by atoms with Crippen LogP contribution >= 0.6 is 15.9 Å². The molecule has 0 bridgehead atoms. The number of nitrogens with one attached hydrogen (secondary N) is 2. The molecule has 1 heterocycles. The van der Waals surface area contributed by atoms with Crippen LogP contribution in [0.15, 0.2) is 50.4 Å². The molecular weight excluding hydrogens is 412 g/mol. The molecule has 0 fully saturated rings. The molecule has 1 aromatic heterocycles. The lowest BCUT2D eigenvalue weighted by Crippen LogP contribution is -2.29. The van der Waals surface area contributed by atoms with Crippen LogP contribution in [0.25, 0.3) is 0 Å². The standard InChI is InChI=1S/C16H17BrN2O5S/c1-25(22,23)14-7-6-13(24-14)16(21)19-9-3-8-18-15(20)11-4-2-5-12(17)10-11/h2,4-7,10H,3,8-9H2,1H3,(H,18,20)(H,19,21). The summed E-state index contributed by atoms with van der Waals surface area (Å²) in [6.45, 7) is 0.699. The minimum Gasteiger partial charge on any atom is -0.440 e. The third-order valence-electron chi connectivity index (χ3n) is 3.18. The molecule has 0 saturated carbocycles. The van der Waals surface area contributed by atoms with Crippen LogP contribution in [0.2, 0.25) is 0 Å². The summed E-state index contributed by atoms with van der Waals surface area (Å²) in [6.07, 6.45) is 1.52. The number of rotatable bonds is 7. The summed E-state index contributed by atoms with van der Waals surface area (Å²) in [5.74, 6) is -0.775. The number of halogens is 1. The molecule has 9 heteroatoms. The lowest BCUT2D eigenvalue weighted by Gasteiger charge is -2.06. The molecule has 2 rings (SSSR count). The summed E-state index contributed by atoms with van der Waals surface area (Å²) in [5.41, 5.74) is 0.544. The largest absolute Gasteiger partial charge is 0.440 e. The Morgan fingerprint density at radius 2 is 1.76 bits per heavy atom. The monoisotopic (exact) mass is 428 g/mol. The Balaban J connectivity index is 1.73. The van der Waals surface area contributed by atoms with Crippen LogP contribution in [0.1, 0.15) is 27.3 Å². The molecule has 1 aromatic carbocycles. The van der Waals surface area contributed by atoms with Gasteiger partial charge in [-0.25, -0.2) is 8.42 Å². The van der Waals surface area contributed by atoms with Crippen LogP contribution < -0.4 is 10.6 Å². The van der Waals surface area contributed by atoms with E-state index in [1.165, 1.54) is 12.1 Å².